The molecular weight excluding hydrogens is 200 g/mol. The average Bonchev–Trinajstić information content (AvgIpc) is 2.31. The summed E-state index contributed by atoms with van der Waals surface area (Å²) in [5, 5.41) is 0. The van der Waals surface area contributed by atoms with Gasteiger partial charge in [-0.05, 0) is 6.92 Å². The molecule has 2 rings (SSSR count). The molecule has 0 amide bonds. The highest BCUT2D eigenvalue weighted by Crippen LogP contribution is 2.01. The molecule has 2 aromatic rings. The third kappa shape index (κ3) is 2.79. The maximum absolute atomic E-state index is 5.35. The second-order valence-electron chi connectivity index (χ2n) is 3.49. The van der Waals surface area contributed by atoms with E-state index in [1.54, 1.807) is 6.20 Å². The molecule has 0 radical (unpaired) electrons. The molecule has 0 aliphatic carbocycles. The topological polar surface area (TPSA) is 26.0 Å². The van der Waals surface area contributed by atoms with Gasteiger partial charge in [-0.15, -0.1) is 0 Å². The molecule has 0 unspecified atom stereocenters. The van der Waals surface area contributed by atoms with Crippen LogP contribution in [0.2, 0.25) is 0 Å². The van der Waals surface area contributed by atoms with Crippen molar-refractivity contribution in [2.24, 2.45) is 0 Å². The summed E-state index contributed by atoms with van der Waals surface area (Å²) < 4.78 is 7.42. The summed E-state index contributed by atoms with van der Waals surface area (Å²) >= 11 is 0. The Morgan fingerprint density at radius 2 is 2.06 bits per heavy atom. The van der Waals surface area contributed by atoms with Crippen LogP contribution in [-0.2, 0) is 6.54 Å². The molecule has 0 saturated heterocycles. The van der Waals surface area contributed by atoms with Gasteiger partial charge >= 0.3 is 0 Å². The molecular formula is C13H15N2O+. The molecule has 0 spiro atoms. The van der Waals surface area contributed by atoms with E-state index in [1.165, 1.54) is 5.56 Å². The van der Waals surface area contributed by atoms with Gasteiger partial charge in [0.2, 0.25) is 6.20 Å². The molecule has 3 heteroatoms. The molecule has 0 saturated carbocycles. The van der Waals surface area contributed by atoms with E-state index in [-0.39, 0.29) is 0 Å². The fourth-order valence-electron chi connectivity index (χ4n) is 1.53. The van der Waals surface area contributed by atoms with Gasteiger partial charge in [0.25, 0.3) is 5.88 Å². The Bertz CT molecular complexity index is 443. The van der Waals surface area contributed by atoms with E-state index in [9.17, 15) is 0 Å². The minimum absolute atomic E-state index is 0.641. The summed E-state index contributed by atoms with van der Waals surface area (Å²) in [5.41, 5.74) is 1.26. The number of hydrogen-bond acceptors (Lipinski definition) is 2. The smallest absolute Gasteiger partial charge is 0.279 e. The lowest BCUT2D eigenvalue weighted by Gasteiger charge is -2.00. The lowest BCUT2D eigenvalue weighted by molar-refractivity contribution is -0.689. The van der Waals surface area contributed by atoms with Gasteiger partial charge in [0.05, 0.1) is 12.8 Å². The summed E-state index contributed by atoms with van der Waals surface area (Å²) in [7, 11) is 0. The second-order valence-corrected chi connectivity index (χ2v) is 3.49. The van der Waals surface area contributed by atoms with Gasteiger partial charge in [-0.3, -0.25) is 0 Å². The van der Waals surface area contributed by atoms with Gasteiger partial charge < -0.3 is 4.74 Å². The third-order valence-electron chi connectivity index (χ3n) is 2.24. The Labute approximate surface area is 95.3 Å². The zero-order valence-corrected chi connectivity index (χ0v) is 9.34. The van der Waals surface area contributed by atoms with Crippen LogP contribution in [0.5, 0.6) is 5.88 Å². The second kappa shape index (κ2) is 5.26. The van der Waals surface area contributed by atoms with Crippen LogP contribution in [0.15, 0.2) is 48.9 Å². The summed E-state index contributed by atoms with van der Waals surface area (Å²) in [6.07, 6.45) is 5.61. The molecule has 0 N–H and O–H groups in total. The van der Waals surface area contributed by atoms with Crippen LogP contribution in [0, 0.1) is 0 Å². The number of aromatic nitrogens is 2. The highest BCUT2D eigenvalue weighted by molar-refractivity contribution is 5.13. The van der Waals surface area contributed by atoms with Crippen LogP contribution >= 0.6 is 0 Å². The fraction of sp³-hybridized carbons (Fsp3) is 0.231. The van der Waals surface area contributed by atoms with Crippen molar-refractivity contribution in [2.75, 3.05) is 6.61 Å². The maximum atomic E-state index is 5.35. The van der Waals surface area contributed by atoms with E-state index in [1.807, 2.05) is 37.5 Å². The van der Waals surface area contributed by atoms with E-state index >= 15 is 0 Å². The Morgan fingerprint density at radius 1 is 1.25 bits per heavy atom. The minimum Gasteiger partial charge on any atom is -0.474 e. The normalized spacial score (nSPS) is 10.1. The first-order valence-electron chi connectivity index (χ1n) is 5.40. The first kappa shape index (κ1) is 10.6. The maximum Gasteiger partial charge on any atom is 0.279 e. The van der Waals surface area contributed by atoms with Crippen molar-refractivity contribution in [3.05, 3.63) is 54.5 Å². The molecule has 1 aromatic heterocycles. The number of rotatable bonds is 4. The Balaban J connectivity index is 2.12. The van der Waals surface area contributed by atoms with Crippen LogP contribution in [0.25, 0.3) is 0 Å². The molecule has 0 atom stereocenters. The number of ether oxygens (including phenoxy) is 1. The molecule has 0 aliphatic rings. The lowest BCUT2D eigenvalue weighted by atomic mass is 10.2. The van der Waals surface area contributed by atoms with Crippen molar-refractivity contribution in [1.29, 1.82) is 0 Å². The lowest BCUT2D eigenvalue weighted by Crippen LogP contribution is -2.33. The summed E-state index contributed by atoms with van der Waals surface area (Å²) in [5.74, 6) is 0.668. The Kier molecular flexibility index (Phi) is 3.49. The van der Waals surface area contributed by atoms with Crippen molar-refractivity contribution < 1.29 is 9.30 Å². The largest absolute Gasteiger partial charge is 0.474 e. The molecule has 16 heavy (non-hydrogen) atoms. The van der Waals surface area contributed by atoms with Gasteiger partial charge in [0.15, 0.2) is 12.7 Å². The highest BCUT2D eigenvalue weighted by Gasteiger charge is 2.05. The van der Waals surface area contributed by atoms with Crippen LogP contribution in [-0.4, -0.2) is 11.6 Å². The zero-order chi connectivity index (χ0) is 11.2. The van der Waals surface area contributed by atoms with E-state index in [0.717, 1.165) is 6.54 Å². The number of benzene rings is 1. The molecule has 0 bridgehead atoms. The van der Waals surface area contributed by atoms with Crippen LogP contribution in [0.1, 0.15) is 12.5 Å². The van der Waals surface area contributed by atoms with Crippen molar-refractivity contribution in [3.8, 4) is 5.88 Å². The minimum atomic E-state index is 0.641. The van der Waals surface area contributed by atoms with E-state index < -0.39 is 0 Å². The van der Waals surface area contributed by atoms with Gasteiger partial charge in [-0.2, -0.15) is 4.57 Å². The fourth-order valence-corrected chi connectivity index (χ4v) is 1.53. The van der Waals surface area contributed by atoms with Crippen LogP contribution in [0.4, 0.5) is 0 Å². The average molecular weight is 215 g/mol. The van der Waals surface area contributed by atoms with Gasteiger partial charge in [0, 0.05) is 5.56 Å². The van der Waals surface area contributed by atoms with E-state index in [4.69, 9.17) is 4.74 Å². The SMILES string of the molecule is CCOc1c[n+](Cc2ccccc2)ccn1. The molecule has 0 fully saturated rings. The first-order chi connectivity index (χ1) is 7.88. The predicted octanol–water partition coefficient (Wildman–Crippen LogP) is 1.82. The molecule has 3 nitrogen and oxygen atoms in total. The van der Waals surface area contributed by atoms with E-state index in [0.29, 0.717) is 12.5 Å². The Hall–Kier alpha value is -1.90. The first-order valence-corrected chi connectivity index (χ1v) is 5.40. The van der Waals surface area contributed by atoms with Crippen molar-refractivity contribution in [1.82, 2.24) is 4.98 Å². The van der Waals surface area contributed by atoms with E-state index in [2.05, 4.69) is 21.7 Å². The molecule has 1 heterocycles. The van der Waals surface area contributed by atoms with Crippen molar-refractivity contribution >= 4 is 0 Å². The molecule has 1 aromatic carbocycles. The summed E-state index contributed by atoms with van der Waals surface area (Å²) in [4.78, 5) is 4.13. The summed E-state index contributed by atoms with van der Waals surface area (Å²) in [6, 6.07) is 10.3. The zero-order valence-electron chi connectivity index (χ0n) is 9.34. The van der Waals surface area contributed by atoms with Gasteiger partial charge in [-0.1, -0.05) is 30.3 Å². The van der Waals surface area contributed by atoms with Crippen LogP contribution in [0.3, 0.4) is 0 Å². The predicted molar refractivity (Wildman–Crippen MR) is 61.1 cm³/mol. The Morgan fingerprint density at radius 3 is 2.81 bits per heavy atom. The highest BCUT2D eigenvalue weighted by atomic mass is 16.5. The standard InChI is InChI=1S/C13H15N2O/c1-2-16-13-11-15(9-8-14-13)10-12-6-4-3-5-7-12/h3-9,11H,2,10H2,1H3/q+1. The summed E-state index contributed by atoms with van der Waals surface area (Å²) in [6.45, 7) is 3.43. The van der Waals surface area contributed by atoms with Gasteiger partial charge in [0.1, 0.15) is 0 Å². The number of nitrogens with zero attached hydrogens (tertiary/aromatic N) is 2. The van der Waals surface area contributed by atoms with Crippen LogP contribution < -0.4 is 9.30 Å². The third-order valence-corrected chi connectivity index (χ3v) is 2.24. The van der Waals surface area contributed by atoms with Crippen molar-refractivity contribution in [2.45, 2.75) is 13.5 Å². The monoisotopic (exact) mass is 215 g/mol. The quantitative estimate of drug-likeness (QED) is 0.727. The number of hydrogen-bond donors (Lipinski definition) is 0. The van der Waals surface area contributed by atoms with Gasteiger partial charge in [-0.25, -0.2) is 4.98 Å². The van der Waals surface area contributed by atoms with Crippen molar-refractivity contribution in [3.63, 3.8) is 0 Å². The molecule has 0 aliphatic heterocycles. The molecule has 82 valence electrons.